The van der Waals surface area contributed by atoms with E-state index in [-0.39, 0.29) is 11.3 Å². The second-order valence-electron chi connectivity index (χ2n) is 11.5. The molecule has 5 aromatic carbocycles. The fourth-order valence-corrected chi connectivity index (χ4v) is 8.17. The lowest BCUT2D eigenvalue weighted by molar-refractivity contribution is 0.1000. The number of nitrogens with two attached hydrogens (primary N) is 1. The van der Waals surface area contributed by atoms with Crippen molar-refractivity contribution in [3.63, 3.8) is 0 Å². The van der Waals surface area contributed by atoms with E-state index in [1.807, 2.05) is 0 Å². The van der Waals surface area contributed by atoms with Crippen LogP contribution in [0.1, 0.15) is 10.4 Å². The number of phenolic OH excluding ortho intramolecular Hbond substituents is 1. The molecule has 27 heteroatoms. The Morgan fingerprint density at radius 2 is 1.33 bits per heavy atom. The van der Waals surface area contributed by atoms with Crippen molar-refractivity contribution < 1.29 is 66.2 Å². The number of hydrogen-bond donors (Lipinski definition) is 8. The predicted octanol–water partition coefficient (Wildman–Crippen LogP) is 4.01. The van der Waals surface area contributed by atoms with Gasteiger partial charge in [-0.25, -0.2) is 0 Å². The monoisotopic (exact) mass is 864 g/mol. The number of nitrogens with one attached hydrogen (secondary N) is 2. The molecule has 9 N–H and O–H groups in total. The molecule has 0 fully saturated rings. The normalized spacial score (nSPS) is 12.6. The maximum atomic E-state index is 14.7. The van der Waals surface area contributed by atoms with Crippen LogP contribution in [0.15, 0.2) is 103 Å². The molecule has 6 aromatic rings. The molecule has 0 bridgehead atoms. The molecule has 0 aliphatic carbocycles. The summed E-state index contributed by atoms with van der Waals surface area (Å²) in [5, 5.41) is 21.7. The highest BCUT2D eigenvalue weighted by Gasteiger charge is 2.28. The van der Waals surface area contributed by atoms with Crippen LogP contribution in [0.2, 0.25) is 0 Å². The number of aromatic hydroxyl groups is 1. The minimum Gasteiger partial charge on any atom is -0.505 e. The van der Waals surface area contributed by atoms with E-state index in [2.05, 4.69) is 35.8 Å². The number of carbonyl (C=O) groups excluding carboxylic acids is 1. The molecule has 0 saturated heterocycles. The molecule has 0 aliphatic rings. The van der Waals surface area contributed by atoms with E-state index < -0.39 is 128 Å². The topological polar surface area (TPSA) is 368 Å². The van der Waals surface area contributed by atoms with Gasteiger partial charge >= 0.3 is 6.08 Å². The van der Waals surface area contributed by atoms with Gasteiger partial charge in [0.25, 0.3) is 40.5 Å². The van der Waals surface area contributed by atoms with Crippen molar-refractivity contribution >= 4 is 103 Å². The van der Waals surface area contributed by atoms with Crippen LogP contribution in [0.3, 0.4) is 0 Å². The van der Waals surface area contributed by atoms with Crippen LogP contribution in [0.4, 0.5) is 39.0 Å². The molecule has 0 radical (unpaired) electrons. The standard InChI is InChI=1S/C30H21FN8O14S4/c31-28-35-29(33-15-4-1-3-13(9-15)27(32)41)37-30(36-28)34-20-12-16(54(42,43)44)10-14-11-22(56(48,49)50)24(25(40)23(14)20)39-38-19-8-7-17-18(26(19)57(51,52)53)5-2-6-21(17)55(45,46)47/h1-12,40H,(H2,32,41)(H,42,43,44)(H,45,46,47)(H,48,49,50)(H,51,52,53)(H2,33,34,35,36,37). The van der Waals surface area contributed by atoms with E-state index >= 15 is 0 Å². The highest BCUT2D eigenvalue weighted by Crippen LogP contribution is 2.46. The number of amides is 1. The van der Waals surface area contributed by atoms with Gasteiger partial charge in [-0.1, -0.05) is 24.3 Å². The average molecular weight is 865 g/mol. The summed E-state index contributed by atoms with van der Waals surface area (Å²) >= 11 is 0. The molecule has 1 aromatic heterocycles. The van der Waals surface area contributed by atoms with Gasteiger partial charge in [-0.3, -0.25) is 23.0 Å². The predicted molar refractivity (Wildman–Crippen MR) is 194 cm³/mol. The first-order valence-corrected chi connectivity index (χ1v) is 20.7. The first kappa shape index (κ1) is 40.3. The molecule has 1 heterocycles. The molecule has 22 nitrogen and oxygen atoms in total. The highest BCUT2D eigenvalue weighted by atomic mass is 32.2. The lowest BCUT2D eigenvalue weighted by atomic mass is 10.1. The Labute approximate surface area is 319 Å². The van der Waals surface area contributed by atoms with Crippen LogP contribution >= 0.6 is 0 Å². The van der Waals surface area contributed by atoms with Crippen molar-refractivity contribution in [2.75, 3.05) is 10.6 Å². The SMILES string of the molecule is NC(=O)c1cccc(Nc2nc(F)nc(Nc3cc(S(=O)(=O)O)cc4cc(S(=O)(=O)O)c(N=Nc5ccc6c(S(=O)(=O)O)cccc6c5S(=O)(=O)O)c(O)c34)n2)c1. The fourth-order valence-electron chi connectivity index (χ4n) is 5.43. The van der Waals surface area contributed by atoms with Crippen LogP contribution < -0.4 is 16.4 Å². The van der Waals surface area contributed by atoms with E-state index in [0.717, 1.165) is 30.3 Å². The number of nitrogens with zero attached hydrogens (tertiary/aromatic N) is 5. The van der Waals surface area contributed by atoms with E-state index in [1.165, 1.54) is 24.3 Å². The number of azo groups is 1. The molecule has 0 atom stereocenters. The zero-order chi connectivity index (χ0) is 41.8. The van der Waals surface area contributed by atoms with Gasteiger partial charge in [0.05, 0.1) is 10.6 Å². The van der Waals surface area contributed by atoms with Crippen LogP contribution in [-0.4, -0.2) is 77.8 Å². The Morgan fingerprint density at radius 3 is 1.95 bits per heavy atom. The number of primary amides is 1. The molecule has 0 saturated carbocycles. The van der Waals surface area contributed by atoms with Crippen molar-refractivity contribution in [2.24, 2.45) is 16.0 Å². The zero-order valence-electron chi connectivity index (χ0n) is 27.7. The molecule has 0 spiro atoms. The maximum absolute atomic E-state index is 14.7. The molecular formula is C30H21FN8O14S4. The third-order valence-corrected chi connectivity index (χ3v) is 11.3. The second-order valence-corrected chi connectivity index (χ2v) is 17.0. The Kier molecular flexibility index (Phi) is 10.1. The molecule has 0 unspecified atom stereocenters. The van der Waals surface area contributed by atoms with Crippen molar-refractivity contribution in [1.29, 1.82) is 0 Å². The third-order valence-electron chi connectivity index (χ3n) is 7.70. The van der Waals surface area contributed by atoms with Crippen LogP contribution in [0, 0.1) is 6.08 Å². The van der Waals surface area contributed by atoms with Gasteiger partial charge in [-0.2, -0.15) is 53.0 Å². The van der Waals surface area contributed by atoms with Gasteiger partial charge in [0.2, 0.25) is 17.8 Å². The molecule has 1 amide bonds. The number of hydrogen-bond acceptors (Lipinski definition) is 17. The van der Waals surface area contributed by atoms with Crippen LogP contribution in [0.25, 0.3) is 21.5 Å². The first-order valence-electron chi connectivity index (χ1n) is 15.0. The average Bonchev–Trinajstić information content (AvgIpc) is 3.08. The summed E-state index contributed by atoms with van der Waals surface area (Å²) in [7, 11) is -20.8. The number of rotatable bonds is 11. The largest absolute Gasteiger partial charge is 0.505 e. The van der Waals surface area contributed by atoms with Crippen molar-refractivity contribution in [3.8, 4) is 5.75 Å². The number of phenols is 1. The Balaban J connectivity index is 1.56. The van der Waals surface area contributed by atoms with E-state index in [1.54, 1.807) is 0 Å². The van der Waals surface area contributed by atoms with Crippen molar-refractivity contribution in [1.82, 2.24) is 15.0 Å². The van der Waals surface area contributed by atoms with Crippen molar-refractivity contribution in [2.45, 2.75) is 19.6 Å². The zero-order valence-corrected chi connectivity index (χ0v) is 30.9. The molecular weight excluding hydrogens is 844 g/mol. The molecule has 0 aliphatic heterocycles. The number of aromatic nitrogens is 3. The van der Waals surface area contributed by atoms with Gasteiger partial charge in [0.15, 0.2) is 5.75 Å². The summed E-state index contributed by atoms with van der Waals surface area (Å²) in [6.07, 6.45) is -1.43. The van der Waals surface area contributed by atoms with Gasteiger partial charge in [-0.05, 0) is 53.9 Å². The number of fused-ring (bicyclic) bond motifs is 2. The van der Waals surface area contributed by atoms with Gasteiger partial charge in [-0.15, -0.1) is 10.2 Å². The minimum absolute atomic E-state index is 0.0511. The smallest absolute Gasteiger partial charge is 0.315 e. The summed E-state index contributed by atoms with van der Waals surface area (Å²) in [5.41, 5.74) is 2.96. The lowest BCUT2D eigenvalue weighted by Gasteiger charge is -2.15. The summed E-state index contributed by atoms with van der Waals surface area (Å²) < 4.78 is 153. The Hall–Kier alpha value is -6.33. The van der Waals surface area contributed by atoms with Crippen LogP contribution in [-0.2, 0) is 40.5 Å². The maximum Gasteiger partial charge on any atom is 0.315 e. The summed E-state index contributed by atoms with van der Waals surface area (Å²) in [4.78, 5) is 18.4. The Bertz CT molecular complexity index is 3210. The number of anilines is 4. The van der Waals surface area contributed by atoms with Gasteiger partial charge in [0, 0.05) is 27.4 Å². The third kappa shape index (κ3) is 8.44. The minimum atomic E-state index is -5.44. The second kappa shape index (κ2) is 14.3. The number of benzene rings is 5. The summed E-state index contributed by atoms with van der Waals surface area (Å²) in [5.74, 6) is -3.23. The number of carbonyl (C=O) groups is 1. The summed E-state index contributed by atoms with van der Waals surface area (Å²) in [6, 6.07) is 12.1. The summed E-state index contributed by atoms with van der Waals surface area (Å²) in [6.45, 7) is 0. The molecule has 57 heavy (non-hydrogen) atoms. The number of halogens is 1. The molecule has 296 valence electrons. The van der Waals surface area contributed by atoms with E-state index in [9.17, 15) is 66.2 Å². The highest BCUT2D eigenvalue weighted by molar-refractivity contribution is 7.87. The lowest BCUT2D eigenvalue weighted by Crippen LogP contribution is -2.11. The van der Waals surface area contributed by atoms with Gasteiger partial charge < -0.3 is 21.5 Å². The quantitative estimate of drug-likeness (QED) is 0.0673. The van der Waals surface area contributed by atoms with Crippen LogP contribution in [0.5, 0.6) is 5.75 Å². The van der Waals surface area contributed by atoms with Crippen molar-refractivity contribution in [3.05, 3.63) is 84.4 Å². The van der Waals surface area contributed by atoms with E-state index in [0.29, 0.717) is 18.2 Å². The Morgan fingerprint density at radius 1 is 0.684 bits per heavy atom. The fraction of sp³-hybridized carbons (Fsp3) is 0. The first-order chi connectivity index (χ1) is 26.4. The molecule has 6 rings (SSSR count). The van der Waals surface area contributed by atoms with E-state index in [4.69, 9.17) is 5.73 Å². The van der Waals surface area contributed by atoms with Gasteiger partial charge in [0.1, 0.15) is 26.1 Å².